The van der Waals surface area contributed by atoms with Crippen LogP contribution < -0.4 is 15.1 Å². The van der Waals surface area contributed by atoms with Crippen LogP contribution in [0.2, 0.25) is 0 Å². The highest BCUT2D eigenvalue weighted by atomic mass is 16.2. The summed E-state index contributed by atoms with van der Waals surface area (Å²) in [5.41, 5.74) is 2.22. The van der Waals surface area contributed by atoms with Crippen molar-refractivity contribution in [2.24, 2.45) is 0 Å². The number of rotatable bonds is 4. The largest absolute Gasteiger partial charge is 0.358 e. The van der Waals surface area contributed by atoms with E-state index >= 15 is 0 Å². The Kier molecular flexibility index (Phi) is 5.24. The summed E-state index contributed by atoms with van der Waals surface area (Å²) >= 11 is 0. The number of piperidine rings is 1. The zero-order valence-corrected chi connectivity index (χ0v) is 16.4. The van der Waals surface area contributed by atoms with E-state index in [1.807, 2.05) is 24.0 Å². The summed E-state index contributed by atoms with van der Waals surface area (Å²) in [7, 11) is 0. The molecule has 7 heteroatoms. The quantitative estimate of drug-likeness (QED) is 0.859. The number of hydrogen-bond acceptors (Lipinski definition) is 4. The molecule has 1 aromatic rings. The van der Waals surface area contributed by atoms with Crippen molar-refractivity contribution in [3.63, 3.8) is 0 Å². The predicted molar refractivity (Wildman–Crippen MR) is 108 cm³/mol. The van der Waals surface area contributed by atoms with Crippen molar-refractivity contribution in [2.45, 2.75) is 45.1 Å². The monoisotopic (exact) mass is 384 g/mol. The third-order valence-corrected chi connectivity index (χ3v) is 5.95. The molecule has 0 spiro atoms. The fourth-order valence-corrected chi connectivity index (χ4v) is 4.55. The van der Waals surface area contributed by atoms with Crippen LogP contribution in [0.4, 0.5) is 11.4 Å². The molecule has 3 aliphatic rings. The van der Waals surface area contributed by atoms with Crippen molar-refractivity contribution in [1.29, 1.82) is 0 Å². The molecule has 2 saturated heterocycles. The maximum Gasteiger partial charge on any atom is 0.253 e. The van der Waals surface area contributed by atoms with Gasteiger partial charge in [-0.15, -0.1) is 0 Å². The number of fused-ring (bicyclic) bond motifs is 3. The first-order valence-electron chi connectivity index (χ1n) is 10.4. The van der Waals surface area contributed by atoms with E-state index < -0.39 is 0 Å². The van der Waals surface area contributed by atoms with E-state index in [-0.39, 0.29) is 30.3 Å². The van der Waals surface area contributed by atoms with Gasteiger partial charge in [0, 0.05) is 31.7 Å². The van der Waals surface area contributed by atoms with Crippen LogP contribution in [0.3, 0.4) is 0 Å². The molecule has 4 rings (SSSR count). The SMILES string of the molecule is CCNC(=O)CN1C(=O)C2CCCCN2c2ccc(C(=O)N3CCCC3)cc21. The van der Waals surface area contributed by atoms with Gasteiger partial charge >= 0.3 is 0 Å². The highest BCUT2D eigenvalue weighted by molar-refractivity contribution is 6.09. The minimum Gasteiger partial charge on any atom is -0.358 e. The smallest absolute Gasteiger partial charge is 0.253 e. The van der Waals surface area contributed by atoms with Crippen LogP contribution in [0, 0.1) is 0 Å². The van der Waals surface area contributed by atoms with Crippen LogP contribution in [0.15, 0.2) is 18.2 Å². The van der Waals surface area contributed by atoms with E-state index in [0.717, 1.165) is 57.4 Å². The highest BCUT2D eigenvalue weighted by Crippen LogP contribution is 2.40. The first kappa shape index (κ1) is 18.8. The summed E-state index contributed by atoms with van der Waals surface area (Å²) in [6, 6.07) is 5.41. The van der Waals surface area contributed by atoms with Gasteiger partial charge in [0.1, 0.15) is 12.6 Å². The third-order valence-electron chi connectivity index (χ3n) is 5.95. The van der Waals surface area contributed by atoms with Gasteiger partial charge in [0.15, 0.2) is 0 Å². The Balaban J connectivity index is 1.71. The molecule has 2 fully saturated rings. The van der Waals surface area contributed by atoms with E-state index in [1.165, 1.54) is 0 Å². The number of likely N-dealkylation sites (tertiary alicyclic amines) is 1. The molecule has 1 aromatic carbocycles. The van der Waals surface area contributed by atoms with Crippen molar-refractivity contribution in [2.75, 3.05) is 42.5 Å². The number of carbonyl (C=O) groups excluding carboxylic acids is 3. The number of likely N-dealkylation sites (N-methyl/N-ethyl adjacent to an activating group) is 1. The summed E-state index contributed by atoms with van der Waals surface area (Å²) in [5.74, 6) is -0.210. The summed E-state index contributed by atoms with van der Waals surface area (Å²) < 4.78 is 0. The average Bonchev–Trinajstić information content (AvgIpc) is 3.25. The Morgan fingerprint density at radius 1 is 1.07 bits per heavy atom. The molecule has 7 nitrogen and oxygen atoms in total. The minimum absolute atomic E-state index is 0.00600. The van der Waals surface area contributed by atoms with Crippen molar-refractivity contribution in [3.8, 4) is 0 Å². The van der Waals surface area contributed by atoms with Gasteiger partial charge in [-0.25, -0.2) is 0 Å². The van der Waals surface area contributed by atoms with Gasteiger partial charge < -0.3 is 15.1 Å². The molecular weight excluding hydrogens is 356 g/mol. The number of amides is 3. The molecule has 28 heavy (non-hydrogen) atoms. The van der Waals surface area contributed by atoms with Crippen LogP contribution in [0.1, 0.15) is 49.4 Å². The normalized spacial score (nSPS) is 21.4. The number of nitrogens with zero attached hydrogens (tertiary/aromatic N) is 3. The summed E-state index contributed by atoms with van der Waals surface area (Å²) in [6.45, 7) is 4.77. The van der Waals surface area contributed by atoms with Gasteiger partial charge in [-0.05, 0) is 57.2 Å². The zero-order chi connectivity index (χ0) is 19.7. The van der Waals surface area contributed by atoms with Crippen LogP contribution in [0.25, 0.3) is 0 Å². The molecule has 3 heterocycles. The number of carbonyl (C=O) groups is 3. The summed E-state index contributed by atoms with van der Waals surface area (Å²) in [6.07, 6.45) is 4.94. The van der Waals surface area contributed by atoms with Crippen molar-refractivity contribution >= 4 is 29.1 Å². The lowest BCUT2D eigenvalue weighted by atomic mass is 9.95. The molecular formula is C21H28N4O3. The fraction of sp³-hybridized carbons (Fsp3) is 0.571. The third kappa shape index (κ3) is 3.34. The second kappa shape index (κ2) is 7.81. The second-order valence-electron chi connectivity index (χ2n) is 7.79. The maximum atomic E-state index is 13.2. The minimum atomic E-state index is -0.212. The highest BCUT2D eigenvalue weighted by Gasteiger charge is 2.40. The van der Waals surface area contributed by atoms with Crippen LogP contribution in [-0.2, 0) is 9.59 Å². The first-order chi connectivity index (χ1) is 13.6. The zero-order valence-electron chi connectivity index (χ0n) is 16.4. The van der Waals surface area contributed by atoms with Crippen molar-refractivity contribution in [1.82, 2.24) is 10.2 Å². The summed E-state index contributed by atoms with van der Waals surface area (Å²) in [4.78, 5) is 43.9. The number of hydrogen-bond donors (Lipinski definition) is 1. The van der Waals surface area contributed by atoms with E-state index in [9.17, 15) is 14.4 Å². The standard InChI is InChI=1S/C21H28N4O3/c1-2-22-19(26)14-25-18-13-15(20(27)23-10-5-6-11-23)8-9-16(18)24-12-4-3-7-17(24)21(25)28/h8-9,13,17H,2-7,10-12,14H2,1H3,(H,22,26). The molecule has 150 valence electrons. The van der Waals surface area contributed by atoms with Gasteiger partial charge in [0.05, 0.1) is 11.4 Å². The molecule has 0 saturated carbocycles. The van der Waals surface area contributed by atoms with Crippen molar-refractivity contribution < 1.29 is 14.4 Å². The molecule has 0 aromatic heterocycles. The molecule has 3 aliphatic heterocycles. The maximum absolute atomic E-state index is 13.2. The van der Waals surface area contributed by atoms with Crippen LogP contribution in [-0.4, -0.2) is 61.4 Å². The molecule has 0 aliphatic carbocycles. The van der Waals surface area contributed by atoms with Gasteiger partial charge in [0.2, 0.25) is 11.8 Å². The lowest BCUT2D eigenvalue weighted by Crippen LogP contribution is -2.57. The Morgan fingerprint density at radius 2 is 1.82 bits per heavy atom. The molecule has 0 bridgehead atoms. The predicted octanol–water partition coefficient (Wildman–Crippen LogP) is 1.76. The van der Waals surface area contributed by atoms with Gasteiger partial charge in [-0.1, -0.05) is 0 Å². The number of nitrogens with one attached hydrogen (secondary N) is 1. The molecule has 3 amide bonds. The summed E-state index contributed by atoms with van der Waals surface area (Å²) in [5, 5.41) is 2.78. The molecule has 1 N–H and O–H groups in total. The molecule has 1 atom stereocenters. The topological polar surface area (TPSA) is 73.0 Å². The molecule has 1 unspecified atom stereocenters. The van der Waals surface area contributed by atoms with Crippen molar-refractivity contribution in [3.05, 3.63) is 23.8 Å². The van der Waals surface area contributed by atoms with E-state index in [4.69, 9.17) is 0 Å². The lowest BCUT2D eigenvalue weighted by molar-refractivity contribution is -0.124. The van der Waals surface area contributed by atoms with Crippen LogP contribution in [0.5, 0.6) is 0 Å². The van der Waals surface area contributed by atoms with Gasteiger partial charge in [-0.2, -0.15) is 0 Å². The number of anilines is 2. The Morgan fingerprint density at radius 3 is 2.57 bits per heavy atom. The van der Waals surface area contributed by atoms with Gasteiger partial charge in [0.25, 0.3) is 5.91 Å². The fourth-order valence-electron chi connectivity index (χ4n) is 4.55. The van der Waals surface area contributed by atoms with Gasteiger partial charge in [-0.3, -0.25) is 19.3 Å². The Hall–Kier alpha value is -2.57. The lowest BCUT2D eigenvalue weighted by Gasteiger charge is -2.45. The van der Waals surface area contributed by atoms with Crippen LogP contribution >= 0.6 is 0 Å². The van der Waals surface area contributed by atoms with E-state index in [2.05, 4.69) is 10.2 Å². The Bertz CT molecular complexity index is 788. The number of benzene rings is 1. The molecule has 0 radical (unpaired) electrons. The van der Waals surface area contributed by atoms with E-state index in [1.54, 1.807) is 11.0 Å². The first-order valence-corrected chi connectivity index (χ1v) is 10.4. The second-order valence-corrected chi connectivity index (χ2v) is 7.79. The Labute approximate surface area is 165 Å². The van der Waals surface area contributed by atoms with E-state index in [0.29, 0.717) is 17.8 Å². The average molecular weight is 384 g/mol.